The summed E-state index contributed by atoms with van der Waals surface area (Å²) in [5.74, 6) is 0.848. The highest BCUT2D eigenvalue weighted by Crippen LogP contribution is 2.19. The highest BCUT2D eigenvalue weighted by molar-refractivity contribution is 5.79. The first-order valence-electron chi connectivity index (χ1n) is 7.69. The first-order chi connectivity index (χ1) is 9.58. The van der Waals surface area contributed by atoms with Crippen molar-refractivity contribution in [2.45, 2.75) is 45.6 Å². The van der Waals surface area contributed by atoms with E-state index in [-0.39, 0.29) is 17.9 Å². The van der Waals surface area contributed by atoms with E-state index in [2.05, 4.69) is 55.7 Å². The zero-order chi connectivity index (χ0) is 14.5. The number of carbonyl (C=O) groups excluding carboxylic acids is 1. The Morgan fingerprint density at radius 2 is 1.85 bits per heavy atom. The Labute approximate surface area is 122 Å². The van der Waals surface area contributed by atoms with Crippen molar-refractivity contribution >= 4 is 5.91 Å². The lowest BCUT2D eigenvalue weighted by molar-refractivity contribution is -0.126. The third-order valence-corrected chi connectivity index (χ3v) is 4.13. The normalized spacial score (nSPS) is 20.7. The van der Waals surface area contributed by atoms with Crippen LogP contribution in [-0.4, -0.2) is 19.0 Å². The maximum atomic E-state index is 12.2. The number of hydrogen-bond donors (Lipinski definition) is 2. The number of amides is 1. The van der Waals surface area contributed by atoms with E-state index in [9.17, 15) is 4.79 Å². The van der Waals surface area contributed by atoms with Crippen molar-refractivity contribution in [2.24, 2.45) is 5.92 Å². The summed E-state index contributed by atoms with van der Waals surface area (Å²) in [4.78, 5) is 12.2. The molecule has 110 valence electrons. The molecule has 3 nitrogen and oxygen atoms in total. The van der Waals surface area contributed by atoms with Gasteiger partial charge in [0, 0.05) is 6.54 Å². The van der Waals surface area contributed by atoms with Gasteiger partial charge in [-0.25, -0.2) is 0 Å². The molecule has 1 aliphatic heterocycles. The molecule has 0 saturated carbocycles. The van der Waals surface area contributed by atoms with Crippen LogP contribution >= 0.6 is 0 Å². The Hall–Kier alpha value is -1.35. The zero-order valence-electron chi connectivity index (χ0n) is 12.8. The summed E-state index contributed by atoms with van der Waals surface area (Å²) in [7, 11) is 0. The molecule has 0 aromatic heterocycles. The fourth-order valence-corrected chi connectivity index (χ4v) is 2.66. The van der Waals surface area contributed by atoms with E-state index >= 15 is 0 Å². The second-order valence-corrected chi connectivity index (χ2v) is 6.09. The van der Waals surface area contributed by atoms with Crippen LogP contribution < -0.4 is 10.6 Å². The van der Waals surface area contributed by atoms with Gasteiger partial charge in [0.1, 0.15) is 0 Å². The van der Waals surface area contributed by atoms with Gasteiger partial charge >= 0.3 is 0 Å². The summed E-state index contributed by atoms with van der Waals surface area (Å²) in [5, 5.41) is 6.42. The van der Waals surface area contributed by atoms with Crippen LogP contribution in [0, 0.1) is 5.92 Å². The fraction of sp³-hybridized carbons (Fsp3) is 0.588. The van der Waals surface area contributed by atoms with Crippen molar-refractivity contribution in [3.63, 3.8) is 0 Å². The molecule has 1 saturated heterocycles. The van der Waals surface area contributed by atoms with E-state index < -0.39 is 0 Å². The molecule has 1 aromatic carbocycles. The maximum absolute atomic E-state index is 12.2. The summed E-state index contributed by atoms with van der Waals surface area (Å²) < 4.78 is 0. The number of carbonyl (C=O) groups is 1. The molecule has 1 heterocycles. The van der Waals surface area contributed by atoms with E-state index in [1.54, 1.807) is 0 Å². The van der Waals surface area contributed by atoms with Gasteiger partial charge in [-0.05, 0) is 43.4 Å². The van der Waals surface area contributed by atoms with E-state index in [1.807, 2.05) is 0 Å². The largest absolute Gasteiger partial charge is 0.349 e. The maximum Gasteiger partial charge on any atom is 0.224 e. The molecule has 0 spiro atoms. The van der Waals surface area contributed by atoms with E-state index in [4.69, 9.17) is 0 Å². The van der Waals surface area contributed by atoms with Crippen LogP contribution in [0.1, 0.15) is 56.7 Å². The lowest BCUT2D eigenvalue weighted by Gasteiger charge is -2.24. The van der Waals surface area contributed by atoms with Crippen molar-refractivity contribution in [3.05, 3.63) is 35.4 Å². The molecule has 20 heavy (non-hydrogen) atoms. The minimum absolute atomic E-state index is 0.0747. The van der Waals surface area contributed by atoms with Crippen molar-refractivity contribution in [2.75, 3.05) is 13.1 Å². The minimum Gasteiger partial charge on any atom is -0.349 e. The number of nitrogens with one attached hydrogen (secondary N) is 2. The molecule has 3 heteroatoms. The first-order valence-corrected chi connectivity index (χ1v) is 7.69. The molecular weight excluding hydrogens is 248 g/mol. The second-order valence-electron chi connectivity index (χ2n) is 6.09. The first kappa shape index (κ1) is 15.0. The number of rotatable bonds is 4. The predicted octanol–water partition coefficient (Wildman–Crippen LogP) is 2.99. The smallest absolute Gasteiger partial charge is 0.224 e. The van der Waals surface area contributed by atoms with Gasteiger partial charge in [-0.3, -0.25) is 4.79 Å². The van der Waals surface area contributed by atoms with Crippen LogP contribution in [0.25, 0.3) is 0 Å². The number of hydrogen-bond acceptors (Lipinski definition) is 2. The lowest BCUT2D eigenvalue weighted by Crippen LogP contribution is -2.41. The monoisotopic (exact) mass is 274 g/mol. The molecule has 1 aromatic rings. The minimum atomic E-state index is 0.0747. The third-order valence-electron chi connectivity index (χ3n) is 4.13. The highest BCUT2D eigenvalue weighted by Gasteiger charge is 2.22. The second kappa shape index (κ2) is 6.89. The highest BCUT2D eigenvalue weighted by atomic mass is 16.1. The van der Waals surface area contributed by atoms with Gasteiger partial charge in [0.2, 0.25) is 5.91 Å². The molecular formula is C17H26N2O. The van der Waals surface area contributed by atoms with Crippen molar-refractivity contribution in [1.29, 1.82) is 0 Å². The SMILES string of the molecule is CC(C)c1ccc(C(C)NC(=O)C2CCCNC2)cc1. The van der Waals surface area contributed by atoms with Gasteiger partial charge in [-0.1, -0.05) is 38.1 Å². The summed E-state index contributed by atoms with van der Waals surface area (Å²) in [5.41, 5.74) is 2.51. The van der Waals surface area contributed by atoms with E-state index in [1.165, 1.54) is 11.1 Å². The van der Waals surface area contributed by atoms with Gasteiger partial charge in [0.25, 0.3) is 0 Å². The van der Waals surface area contributed by atoms with Gasteiger partial charge in [-0.15, -0.1) is 0 Å². The Morgan fingerprint density at radius 1 is 1.20 bits per heavy atom. The van der Waals surface area contributed by atoms with Crippen molar-refractivity contribution < 1.29 is 4.79 Å². The van der Waals surface area contributed by atoms with Crippen LogP contribution in [0.4, 0.5) is 0 Å². The topological polar surface area (TPSA) is 41.1 Å². The Kier molecular flexibility index (Phi) is 5.18. The lowest BCUT2D eigenvalue weighted by atomic mass is 9.97. The third kappa shape index (κ3) is 3.83. The van der Waals surface area contributed by atoms with Crippen LogP contribution in [-0.2, 0) is 4.79 Å². The number of piperidine rings is 1. The quantitative estimate of drug-likeness (QED) is 0.886. The van der Waals surface area contributed by atoms with Crippen LogP contribution in [0.15, 0.2) is 24.3 Å². The summed E-state index contributed by atoms with van der Waals surface area (Å²) >= 11 is 0. The van der Waals surface area contributed by atoms with Crippen molar-refractivity contribution in [1.82, 2.24) is 10.6 Å². The van der Waals surface area contributed by atoms with Crippen LogP contribution in [0.3, 0.4) is 0 Å². The standard InChI is InChI=1S/C17H26N2O/c1-12(2)14-6-8-15(9-7-14)13(3)19-17(20)16-5-4-10-18-11-16/h6-9,12-13,16,18H,4-5,10-11H2,1-3H3,(H,19,20). The predicted molar refractivity (Wildman–Crippen MR) is 82.7 cm³/mol. The molecule has 1 fully saturated rings. The van der Waals surface area contributed by atoms with Crippen molar-refractivity contribution in [3.8, 4) is 0 Å². The summed E-state index contributed by atoms with van der Waals surface area (Å²) in [6, 6.07) is 8.64. The Morgan fingerprint density at radius 3 is 2.40 bits per heavy atom. The molecule has 2 rings (SSSR count). The summed E-state index contributed by atoms with van der Waals surface area (Å²) in [6.45, 7) is 8.28. The average molecular weight is 274 g/mol. The van der Waals surface area contributed by atoms with E-state index in [0.717, 1.165) is 25.9 Å². The zero-order valence-corrected chi connectivity index (χ0v) is 12.8. The van der Waals surface area contributed by atoms with Crippen LogP contribution in [0.5, 0.6) is 0 Å². The fourth-order valence-electron chi connectivity index (χ4n) is 2.66. The van der Waals surface area contributed by atoms with Gasteiger partial charge in [0.05, 0.1) is 12.0 Å². The van der Waals surface area contributed by atoms with E-state index in [0.29, 0.717) is 5.92 Å². The Balaban J connectivity index is 1.93. The number of benzene rings is 1. The average Bonchev–Trinajstić information content (AvgIpc) is 2.48. The molecule has 2 atom stereocenters. The Bertz CT molecular complexity index is 433. The molecule has 0 aliphatic carbocycles. The van der Waals surface area contributed by atoms with Crippen LogP contribution in [0.2, 0.25) is 0 Å². The van der Waals surface area contributed by atoms with Gasteiger partial charge in [-0.2, -0.15) is 0 Å². The van der Waals surface area contributed by atoms with Gasteiger partial charge < -0.3 is 10.6 Å². The molecule has 2 unspecified atom stereocenters. The molecule has 2 N–H and O–H groups in total. The molecule has 0 radical (unpaired) electrons. The molecule has 1 amide bonds. The summed E-state index contributed by atoms with van der Waals surface area (Å²) in [6.07, 6.45) is 2.09. The molecule has 1 aliphatic rings. The van der Waals surface area contributed by atoms with Gasteiger partial charge in [0.15, 0.2) is 0 Å². The molecule has 0 bridgehead atoms.